The minimum atomic E-state index is -1.09. The number of hydrogen-bond acceptors (Lipinski definition) is 4. The lowest BCUT2D eigenvalue weighted by atomic mass is 10.1. The average Bonchev–Trinajstić information content (AvgIpc) is 2.55. The van der Waals surface area contributed by atoms with Crippen LogP contribution in [-0.4, -0.2) is 30.9 Å². The topological polar surface area (TPSA) is 72.6 Å². The summed E-state index contributed by atoms with van der Waals surface area (Å²) in [5, 5.41) is 0.390. The number of carbonyl (C=O) groups excluding carboxylic acids is 2. The third kappa shape index (κ3) is 3.99. The molecule has 0 saturated heterocycles. The summed E-state index contributed by atoms with van der Waals surface area (Å²) in [5.74, 6) is -1.15. The first-order valence-corrected chi connectivity index (χ1v) is 7.78. The Balaban J connectivity index is 2.37. The van der Waals surface area contributed by atoms with Gasteiger partial charge in [0.2, 0.25) is 6.10 Å². The van der Waals surface area contributed by atoms with Gasteiger partial charge in [-0.05, 0) is 12.1 Å². The normalized spacial score (nSPS) is 11.7. The highest BCUT2D eigenvalue weighted by molar-refractivity contribution is 6.37. The van der Waals surface area contributed by atoms with Gasteiger partial charge in [0.1, 0.15) is 0 Å². The molecular weight excluding hydrogens is 351 g/mol. The molecule has 0 saturated carbocycles. The molecule has 0 radical (unpaired) electrons. The molecule has 126 valence electrons. The van der Waals surface area contributed by atoms with E-state index in [1.807, 2.05) is 0 Å². The summed E-state index contributed by atoms with van der Waals surface area (Å²) in [4.78, 5) is 26.2. The van der Waals surface area contributed by atoms with Crippen molar-refractivity contribution in [2.24, 2.45) is 0 Å². The van der Waals surface area contributed by atoms with Crippen LogP contribution in [-0.2, 0) is 9.53 Å². The van der Waals surface area contributed by atoms with Crippen molar-refractivity contribution >= 4 is 40.8 Å². The number of nitrogens with zero attached hydrogens (tertiary/aromatic N) is 1. The summed E-state index contributed by atoms with van der Waals surface area (Å²) in [5.41, 5.74) is 6.43. The molecule has 0 aliphatic carbocycles. The summed E-state index contributed by atoms with van der Waals surface area (Å²) >= 11 is 11.8. The number of nitrogens with two attached hydrogens (primary N) is 1. The fourth-order valence-electron chi connectivity index (χ4n) is 2.05. The first kappa shape index (κ1) is 18.1. The number of anilines is 1. The van der Waals surface area contributed by atoms with Crippen LogP contribution in [0.5, 0.6) is 0 Å². The molecule has 0 unspecified atom stereocenters. The van der Waals surface area contributed by atoms with Crippen molar-refractivity contribution in [2.75, 3.05) is 19.8 Å². The van der Waals surface area contributed by atoms with Crippen molar-refractivity contribution in [3.63, 3.8) is 0 Å². The van der Waals surface area contributed by atoms with Crippen LogP contribution in [0.3, 0.4) is 0 Å². The molecule has 0 aliphatic heterocycles. The van der Waals surface area contributed by atoms with E-state index in [1.54, 1.807) is 44.4 Å². The highest BCUT2D eigenvalue weighted by atomic mass is 35.5. The lowest BCUT2D eigenvalue weighted by Gasteiger charge is -2.21. The number of carbonyl (C=O) groups is 2. The third-order valence-corrected chi connectivity index (χ3v) is 3.84. The number of likely N-dealkylation sites (N-methyl/N-ethyl adjacent to an activating group) is 1. The zero-order valence-electron chi connectivity index (χ0n) is 13.1. The molecule has 0 bridgehead atoms. The van der Waals surface area contributed by atoms with Crippen LogP contribution in [0.25, 0.3) is 0 Å². The number of esters is 1. The van der Waals surface area contributed by atoms with Crippen LogP contribution >= 0.6 is 23.2 Å². The van der Waals surface area contributed by atoms with Crippen molar-refractivity contribution in [3.05, 3.63) is 63.6 Å². The van der Waals surface area contributed by atoms with Gasteiger partial charge in [0.05, 0.1) is 16.3 Å². The quantitative estimate of drug-likeness (QED) is 0.663. The van der Waals surface area contributed by atoms with Crippen LogP contribution in [0.2, 0.25) is 10.0 Å². The standard InChI is InChI=1S/C17H16Cl2N2O3/c1-21(2)16(22)15(10-6-4-3-5-7-10)24-17(23)12-8-11(18)9-13(19)14(12)20/h3-9,15H,20H2,1-2H3/t15-/m1/s1. The first-order valence-electron chi connectivity index (χ1n) is 7.03. The van der Waals surface area contributed by atoms with Crippen LogP contribution in [0.15, 0.2) is 42.5 Å². The molecule has 0 spiro atoms. The summed E-state index contributed by atoms with van der Waals surface area (Å²) in [6.07, 6.45) is -1.09. The number of hydrogen-bond donors (Lipinski definition) is 1. The van der Waals surface area contributed by atoms with Crippen LogP contribution in [0.1, 0.15) is 22.0 Å². The number of benzene rings is 2. The second kappa shape index (κ2) is 7.55. The molecule has 2 rings (SSSR count). The van der Waals surface area contributed by atoms with E-state index < -0.39 is 12.1 Å². The van der Waals surface area contributed by atoms with E-state index in [0.29, 0.717) is 5.56 Å². The third-order valence-electron chi connectivity index (χ3n) is 3.31. The van der Waals surface area contributed by atoms with E-state index in [2.05, 4.69) is 0 Å². The second-order valence-corrected chi connectivity index (χ2v) is 6.12. The van der Waals surface area contributed by atoms with Gasteiger partial charge in [-0.1, -0.05) is 53.5 Å². The molecular formula is C17H16Cl2N2O3. The summed E-state index contributed by atoms with van der Waals surface area (Å²) in [6, 6.07) is 11.5. The molecule has 1 amide bonds. The second-order valence-electron chi connectivity index (χ2n) is 5.28. The minimum Gasteiger partial charge on any atom is -0.444 e. The maximum absolute atomic E-state index is 12.5. The molecule has 0 fully saturated rings. The maximum atomic E-state index is 12.5. The predicted octanol–water partition coefficient (Wildman–Crippen LogP) is 3.56. The SMILES string of the molecule is CN(C)C(=O)[C@H](OC(=O)c1cc(Cl)cc(Cl)c1N)c1ccccc1. The maximum Gasteiger partial charge on any atom is 0.341 e. The van der Waals surface area contributed by atoms with Gasteiger partial charge in [0, 0.05) is 24.7 Å². The molecule has 7 heteroatoms. The van der Waals surface area contributed by atoms with Gasteiger partial charge < -0.3 is 15.4 Å². The molecule has 2 aromatic carbocycles. The Hall–Kier alpha value is -2.24. The summed E-state index contributed by atoms with van der Waals surface area (Å²) < 4.78 is 5.41. The van der Waals surface area contributed by atoms with Gasteiger partial charge in [-0.25, -0.2) is 4.79 Å². The van der Waals surface area contributed by atoms with Gasteiger partial charge >= 0.3 is 5.97 Å². The average molecular weight is 367 g/mol. The van der Waals surface area contributed by atoms with Crippen LogP contribution < -0.4 is 5.73 Å². The number of amides is 1. The molecule has 0 aromatic heterocycles. The van der Waals surface area contributed by atoms with E-state index >= 15 is 0 Å². The van der Waals surface area contributed by atoms with E-state index in [-0.39, 0.29) is 27.2 Å². The Kier molecular flexibility index (Phi) is 5.70. The lowest BCUT2D eigenvalue weighted by Crippen LogP contribution is -2.31. The first-order chi connectivity index (χ1) is 11.3. The molecule has 5 nitrogen and oxygen atoms in total. The Morgan fingerprint density at radius 2 is 1.75 bits per heavy atom. The molecule has 2 N–H and O–H groups in total. The van der Waals surface area contributed by atoms with E-state index in [0.717, 1.165) is 0 Å². The predicted molar refractivity (Wildman–Crippen MR) is 94.2 cm³/mol. The van der Waals surface area contributed by atoms with Gasteiger partial charge in [-0.2, -0.15) is 0 Å². The van der Waals surface area contributed by atoms with E-state index in [4.69, 9.17) is 33.7 Å². The summed E-state index contributed by atoms with van der Waals surface area (Å²) in [7, 11) is 3.16. The van der Waals surface area contributed by atoms with Crippen molar-refractivity contribution in [3.8, 4) is 0 Å². The van der Waals surface area contributed by atoms with Gasteiger partial charge in [0.25, 0.3) is 5.91 Å². The monoisotopic (exact) mass is 366 g/mol. The van der Waals surface area contributed by atoms with Gasteiger partial charge in [0.15, 0.2) is 0 Å². The molecule has 0 heterocycles. The van der Waals surface area contributed by atoms with Crippen molar-refractivity contribution in [1.82, 2.24) is 4.90 Å². The molecule has 1 atom stereocenters. The van der Waals surface area contributed by atoms with Gasteiger partial charge in [-0.3, -0.25) is 4.79 Å². The number of rotatable bonds is 4. The highest BCUT2D eigenvalue weighted by Crippen LogP contribution is 2.30. The van der Waals surface area contributed by atoms with E-state index in [9.17, 15) is 9.59 Å². The van der Waals surface area contributed by atoms with Crippen LogP contribution in [0, 0.1) is 0 Å². The largest absolute Gasteiger partial charge is 0.444 e. The Labute approximate surface area is 149 Å². The Bertz CT molecular complexity index is 764. The van der Waals surface area contributed by atoms with Crippen molar-refractivity contribution in [1.29, 1.82) is 0 Å². The smallest absolute Gasteiger partial charge is 0.341 e. The zero-order valence-corrected chi connectivity index (χ0v) is 14.6. The molecule has 0 aliphatic rings. The highest BCUT2D eigenvalue weighted by Gasteiger charge is 2.28. The minimum absolute atomic E-state index is 0.0139. The van der Waals surface area contributed by atoms with E-state index in [1.165, 1.54) is 17.0 Å². The molecule has 24 heavy (non-hydrogen) atoms. The van der Waals surface area contributed by atoms with Crippen molar-refractivity contribution < 1.29 is 14.3 Å². The fraction of sp³-hybridized carbons (Fsp3) is 0.176. The zero-order chi connectivity index (χ0) is 17.9. The number of nitrogen functional groups attached to an aromatic ring is 1. The fourth-order valence-corrected chi connectivity index (χ4v) is 2.54. The van der Waals surface area contributed by atoms with Crippen molar-refractivity contribution in [2.45, 2.75) is 6.10 Å². The van der Waals surface area contributed by atoms with Gasteiger partial charge in [-0.15, -0.1) is 0 Å². The number of halogens is 2. The Morgan fingerprint density at radius 1 is 1.12 bits per heavy atom. The van der Waals surface area contributed by atoms with Crippen LogP contribution in [0.4, 0.5) is 5.69 Å². The summed E-state index contributed by atoms with van der Waals surface area (Å²) in [6.45, 7) is 0. The lowest BCUT2D eigenvalue weighted by molar-refractivity contribution is -0.138. The number of ether oxygens (including phenoxy) is 1. The molecule has 2 aromatic rings. The Morgan fingerprint density at radius 3 is 2.33 bits per heavy atom.